The summed E-state index contributed by atoms with van der Waals surface area (Å²) in [6.07, 6.45) is -1.23. The number of likely N-dealkylation sites (tertiary alicyclic amines) is 1. The van der Waals surface area contributed by atoms with Crippen LogP contribution in [-0.2, 0) is 10.9 Å². The molecular formula is C29H32F3N5O3. The summed E-state index contributed by atoms with van der Waals surface area (Å²) in [5.41, 5.74) is 1.89. The van der Waals surface area contributed by atoms with E-state index in [1.165, 1.54) is 18.9 Å². The molecule has 1 amide bonds. The minimum Gasteiger partial charge on any atom is -0.476 e. The first kappa shape index (κ1) is 27.9. The molecule has 2 saturated heterocycles. The van der Waals surface area contributed by atoms with E-state index in [0.717, 1.165) is 54.4 Å². The molecule has 0 unspecified atom stereocenters. The predicted molar refractivity (Wildman–Crippen MR) is 146 cm³/mol. The lowest BCUT2D eigenvalue weighted by molar-refractivity contribution is -0.141. The number of aromatic nitrogens is 2. The maximum atomic E-state index is 13.1. The van der Waals surface area contributed by atoms with Gasteiger partial charge in [0.05, 0.1) is 13.2 Å². The van der Waals surface area contributed by atoms with E-state index >= 15 is 0 Å². The Morgan fingerprint density at radius 2 is 1.82 bits per heavy atom. The Morgan fingerprint density at radius 1 is 1.05 bits per heavy atom. The fraction of sp³-hybridized carbons (Fsp3) is 0.414. The van der Waals surface area contributed by atoms with Gasteiger partial charge in [-0.3, -0.25) is 14.7 Å². The van der Waals surface area contributed by atoms with E-state index in [-0.39, 0.29) is 5.56 Å². The minimum absolute atomic E-state index is 0.128. The molecule has 0 bridgehead atoms. The molecule has 3 aromatic rings. The summed E-state index contributed by atoms with van der Waals surface area (Å²) in [6.45, 7) is 8.15. The Kier molecular flexibility index (Phi) is 8.51. The number of pyridine rings is 2. The molecule has 2 aliphatic rings. The topological polar surface area (TPSA) is 79.8 Å². The number of aryl methyl sites for hydroxylation is 1. The molecule has 2 aromatic heterocycles. The highest BCUT2D eigenvalue weighted by Crippen LogP contribution is 2.33. The molecule has 2 fully saturated rings. The molecular weight excluding hydrogens is 523 g/mol. The molecule has 0 atom stereocenters. The van der Waals surface area contributed by atoms with Crippen LogP contribution in [0.1, 0.15) is 34.5 Å². The van der Waals surface area contributed by atoms with Crippen molar-refractivity contribution in [2.75, 3.05) is 62.8 Å². The standard InChI is InChI=1S/C29H32F3N5O3/c1-20-4-5-23(34-28(38)21-6-7-33-25(16-21)29(30,31)32)19-24(20)22-17-26(37-11-13-39-14-12-37)35-27(18-22)40-15-10-36-8-2-3-9-36/h4-7,16-19H,2-3,8-15H2,1H3,(H,34,38). The van der Waals surface area contributed by atoms with Gasteiger partial charge in [0.25, 0.3) is 5.91 Å². The van der Waals surface area contributed by atoms with E-state index in [9.17, 15) is 18.0 Å². The maximum Gasteiger partial charge on any atom is 0.433 e. The number of morpholine rings is 1. The number of hydrogen-bond donors (Lipinski definition) is 1. The van der Waals surface area contributed by atoms with Crippen LogP contribution in [0.2, 0.25) is 0 Å². The largest absolute Gasteiger partial charge is 0.476 e. The highest BCUT2D eigenvalue weighted by molar-refractivity contribution is 6.04. The van der Waals surface area contributed by atoms with Crippen LogP contribution in [0.4, 0.5) is 24.7 Å². The number of halogens is 3. The van der Waals surface area contributed by atoms with Crippen LogP contribution in [-0.4, -0.2) is 73.3 Å². The van der Waals surface area contributed by atoms with Crippen molar-refractivity contribution in [3.05, 3.63) is 65.5 Å². The van der Waals surface area contributed by atoms with Gasteiger partial charge >= 0.3 is 6.18 Å². The number of alkyl halides is 3. The Bertz CT molecular complexity index is 1340. The van der Waals surface area contributed by atoms with Crippen molar-refractivity contribution >= 4 is 17.4 Å². The number of carbonyl (C=O) groups excluding carboxylic acids is 1. The fourth-order valence-corrected chi connectivity index (χ4v) is 4.90. The smallest absolute Gasteiger partial charge is 0.433 e. The number of ether oxygens (including phenoxy) is 2. The molecule has 1 aromatic carbocycles. The zero-order valence-corrected chi connectivity index (χ0v) is 22.3. The lowest BCUT2D eigenvalue weighted by Crippen LogP contribution is -2.36. The second kappa shape index (κ2) is 12.2. The van der Waals surface area contributed by atoms with Gasteiger partial charge in [0.15, 0.2) is 0 Å². The van der Waals surface area contributed by atoms with Gasteiger partial charge < -0.3 is 19.7 Å². The number of rotatable bonds is 8. The third-order valence-corrected chi connectivity index (χ3v) is 7.10. The SMILES string of the molecule is Cc1ccc(NC(=O)c2ccnc(C(F)(F)F)c2)cc1-c1cc(OCCN2CCCC2)nc(N2CCOCC2)c1. The Hall–Kier alpha value is -3.70. The van der Waals surface area contributed by atoms with Crippen LogP contribution < -0.4 is 15.0 Å². The van der Waals surface area contributed by atoms with E-state index in [2.05, 4.69) is 20.1 Å². The number of nitrogens with zero attached hydrogens (tertiary/aromatic N) is 4. The van der Waals surface area contributed by atoms with E-state index in [1.807, 2.05) is 31.2 Å². The normalized spacial score (nSPS) is 16.2. The van der Waals surface area contributed by atoms with Crippen molar-refractivity contribution in [3.8, 4) is 17.0 Å². The lowest BCUT2D eigenvalue weighted by Gasteiger charge is -2.28. The number of benzene rings is 1. The number of anilines is 2. The Labute approximate surface area is 231 Å². The first-order valence-corrected chi connectivity index (χ1v) is 13.4. The van der Waals surface area contributed by atoms with E-state index in [0.29, 0.717) is 44.5 Å². The van der Waals surface area contributed by atoms with Crippen molar-refractivity contribution < 1.29 is 27.4 Å². The van der Waals surface area contributed by atoms with Gasteiger partial charge in [-0.25, -0.2) is 0 Å². The third-order valence-electron chi connectivity index (χ3n) is 7.10. The van der Waals surface area contributed by atoms with Crippen LogP contribution in [0.3, 0.4) is 0 Å². The van der Waals surface area contributed by atoms with Gasteiger partial charge in [-0.05, 0) is 79.9 Å². The number of carbonyl (C=O) groups is 1. The second-order valence-corrected chi connectivity index (χ2v) is 9.96. The lowest BCUT2D eigenvalue weighted by atomic mass is 10.00. The van der Waals surface area contributed by atoms with E-state index in [4.69, 9.17) is 14.5 Å². The minimum atomic E-state index is -4.64. The van der Waals surface area contributed by atoms with Crippen molar-refractivity contribution in [1.29, 1.82) is 0 Å². The molecule has 1 N–H and O–H groups in total. The van der Waals surface area contributed by atoms with Gasteiger partial charge in [-0.1, -0.05) is 6.07 Å². The highest BCUT2D eigenvalue weighted by atomic mass is 19.4. The van der Waals surface area contributed by atoms with Gasteiger partial charge in [0, 0.05) is 43.1 Å². The maximum absolute atomic E-state index is 13.1. The van der Waals surface area contributed by atoms with Crippen LogP contribution >= 0.6 is 0 Å². The number of hydrogen-bond acceptors (Lipinski definition) is 7. The number of nitrogens with one attached hydrogen (secondary N) is 1. The van der Waals surface area contributed by atoms with Gasteiger partial charge in [0.2, 0.25) is 5.88 Å². The molecule has 212 valence electrons. The molecule has 5 rings (SSSR count). The quantitative estimate of drug-likeness (QED) is 0.418. The van der Waals surface area contributed by atoms with Crippen LogP contribution in [0.15, 0.2) is 48.7 Å². The summed E-state index contributed by atoms with van der Waals surface area (Å²) < 4.78 is 50.9. The molecule has 0 spiro atoms. The van der Waals surface area contributed by atoms with E-state index < -0.39 is 17.8 Å². The van der Waals surface area contributed by atoms with Gasteiger partial charge in [-0.15, -0.1) is 0 Å². The van der Waals surface area contributed by atoms with Gasteiger partial charge in [-0.2, -0.15) is 18.2 Å². The molecule has 40 heavy (non-hydrogen) atoms. The van der Waals surface area contributed by atoms with Crippen LogP contribution in [0, 0.1) is 6.92 Å². The fourth-order valence-electron chi connectivity index (χ4n) is 4.90. The first-order valence-electron chi connectivity index (χ1n) is 13.4. The Morgan fingerprint density at radius 3 is 2.58 bits per heavy atom. The summed E-state index contributed by atoms with van der Waals surface area (Å²) >= 11 is 0. The Balaban J connectivity index is 1.40. The molecule has 8 nitrogen and oxygen atoms in total. The molecule has 0 radical (unpaired) electrons. The van der Waals surface area contributed by atoms with Crippen LogP contribution in [0.25, 0.3) is 11.1 Å². The second-order valence-electron chi connectivity index (χ2n) is 9.96. The summed E-state index contributed by atoms with van der Waals surface area (Å²) in [7, 11) is 0. The number of amides is 1. The van der Waals surface area contributed by atoms with Crippen molar-refractivity contribution in [1.82, 2.24) is 14.9 Å². The zero-order chi connectivity index (χ0) is 28.1. The van der Waals surface area contributed by atoms with Crippen molar-refractivity contribution in [2.45, 2.75) is 25.9 Å². The van der Waals surface area contributed by atoms with E-state index in [1.54, 1.807) is 6.07 Å². The zero-order valence-electron chi connectivity index (χ0n) is 22.3. The molecule has 11 heteroatoms. The van der Waals surface area contributed by atoms with Crippen LogP contribution in [0.5, 0.6) is 5.88 Å². The highest BCUT2D eigenvalue weighted by Gasteiger charge is 2.33. The van der Waals surface area contributed by atoms with Crippen molar-refractivity contribution in [3.63, 3.8) is 0 Å². The summed E-state index contributed by atoms with van der Waals surface area (Å²) in [6, 6.07) is 11.3. The average molecular weight is 556 g/mol. The van der Waals surface area contributed by atoms with Crippen molar-refractivity contribution in [2.24, 2.45) is 0 Å². The average Bonchev–Trinajstić information content (AvgIpc) is 3.48. The van der Waals surface area contributed by atoms with Gasteiger partial charge in [0.1, 0.15) is 18.1 Å². The summed E-state index contributed by atoms with van der Waals surface area (Å²) in [5.74, 6) is 0.642. The monoisotopic (exact) mass is 555 g/mol. The molecule has 0 aliphatic carbocycles. The summed E-state index contributed by atoms with van der Waals surface area (Å²) in [4.78, 5) is 25.4. The molecule has 0 saturated carbocycles. The third kappa shape index (κ3) is 6.89. The molecule has 2 aliphatic heterocycles. The summed E-state index contributed by atoms with van der Waals surface area (Å²) in [5, 5.41) is 2.72. The predicted octanol–water partition coefficient (Wildman–Crippen LogP) is 5.03. The first-order chi connectivity index (χ1) is 19.3. The molecule has 4 heterocycles.